The average molecular weight is 182 g/mol. The third-order valence-corrected chi connectivity index (χ3v) is 2.56. The van der Waals surface area contributed by atoms with Crippen LogP contribution in [0.25, 0.3) is 0 Å². The third-order valence-electron chi connectivity index (χ3n) is 2.56. The fraction of sp³-hybridized carbons (Fsp3) is 0.900. The maximum Gasteiger partial charge on any atom is 0.156 e. The minimum atomic E-state index is -0.210. The van der Waals surface area contributed by atoms with Crippen LogP contribution in [0.1, 0.15) is 20.3 Å². The molecule has 1 aliphatic heterocycles. The Morgan fingerprint density at radius 1 is 1.69 bits per heavy atom. The van der Waals surface area contributed by atoms with Gasteiger partial charge in [0.05, 0.1) is 12.7 Å². The van der Waals surface area contributed by atoms with Crippen LogP contribution in [-0.2, 0) is 4.74 Å². The highest BCUT2D eigenvalue weighted by atomic mass is 16.5. The van der Waals surface area contributed by atoms with Crippen molar-refractivity contribution in [1.29, 1.82) is 5.26 Å². The fourth-order valence-corrected chi connectivity index (χ4v) is 1.52. The Morgan fingerprint density at radius 2 is 2.46 bits per heavy atom. The molecule has 0 N–H and O–H groups in total. The van der Waals surface area contributed by atoms with E-state index in [1.807, 2.05) is 0 Å². The minimum Gasteiger partial charge on any atom is -0.361 e. The highest BCUT2D eigenvalue weighted by Gasteiger charge is 2.20. The molecule has 0 radical (unpaired) electrons. The van der Waals surface area contributed by atoms with E-state index in [9.17, 15) is 0 Å². The van der Waals surface area contributed by atoms with Crippen LogP contribution in [0.15, 0.2) is 0 Å². The zero-order chi connectivity index (χ0) is 9.68. The molecule has 0 aromatic heterocycles. The van der Waals surface area contributed by atoms with Gasteiger partial charge < -0.3 is 4.74 Å². The number of ether oxygens (including phenoxy) is 1. The Balaban J connectivity index is 2.30. The molecule has 0 aromatic carbocycles. The molecule has 1 aliphatic rings. The van der Waals surface area contributed by atoms with Gasteiger partial charge in [-0.3, -0.25) is 4.90 Å². The van der Waals surface area contributed by atoms with E-state index in [1.165, 1.54) is 6.42 Å². The van der Waals surface area contributed by atoms with Crippen molar-refractivity contribution in [2.45, 2.75) is 26.4 Å². The summed E-state index contributed by atoms with van der Waals surface area (Å²) in [6.07, 6.45) is 0.993. The molecule has 0 spiro atoms. The average Bonchev–Trinajstić information content (AvgIpc) is 2.18. The first-order valence-corrected chi connectivity index (χ1v) is 4.99. The first-order valence-electron chi connectivity index (χ1n) is 4.99. The van der Waals surface area contributed by atoms with Gasteiger partial charge in [0.15, 0.2) is 6.10 Å². The van der Waals surface area contributed by atoms with Crippen molar-refractivity contribution in [2.75, 3.05) is 26.2 Å². The normalized spacial score (nSPS) is 26.7. The molecule has 3 heteroatoms. The van der Waals surface area contributed by atoms with Crippen LogP contribution in [0.4, 0.5) is 0 Å². The van der Waals surface area contributed by atoms with Crippen molar-refractivity contribution < 1.29 is 4.74 Å². The SMILES string of the molecule is CCC(C)CN1CCOC(C#N)C1. The molecule has 0 saturated carbocycles. The zero-order valence-corrected chi connectivity index (χ0v) is 8.49. The van der Waals surface area contributed by atoms with E-state index in [0.29, 0.717) is 6.61 Å². The van der Waals surface area contributed by atoms with Gasteiger partial charge in [-0.25, -0.2) is 0 Å². The van der Waals surface area contributed by atoms with Crippen LogP contribution in [0.5, 0.6) is 0 Å². The molecule has 0 bridgehead atoms. The van der Waals surface area contributed by atoms with E-state index in [0.717, 1.165) is 25.6 Å². The Kier molecular flexibility index (Phi) is 4.20. The first-order chi connectivity index (χ1) is 6.26. The predicted molar refractivity (Wildman–Crippen MR) is 51.2 cm³/mol. The lowest BCUT2D eigenvalue weighted by Gasteiger charge is -2.31. The minimum absolute atomic E-state index is 0.210. The molecular weight excluding hydrogens is 164 g/mol. The molecular formula is C10H18N2O. The molecule has 0 amide bonds. The van der Waals surface area contributed by atoms with Crippen LogP contribution in [-0.4, -0.2) is 37.2 Å². The maximum atomic E-state index is 8.70. The number of hydrogen-bond acceptors (Lipinski definition) is 3. The number of nitrogens with zero attached hydrogens (tertiary/aromatic N) is 2. The second-order valence-corrected chi connectivity index (χ2v) is 3.76. The van der Waals surface area contributed by atoms with Gasteiger partial charge in [0.1, 0.15) is 0 Å². The van der Waals surface area contributed by atoms with Gasteiger partial charge in [-0.1, -0.05) is 20.3 Å². The molecule has 2 atom stereocenters. The Labute approximate surface area is 80.3 Å². The molecule has 74 valence electrons. The molecule has 0 aliphatic carbocycles. The molecule has 3 nitrogen and oxygen atoms in total. The topological polar surface area (TPSA) is 36.3 Å². The van der Waals surface area contributed by atoms with Gasteiger partial charge in [0.2, 0.25) is 0 Å². The summed E-state index contributed by atoms with van der Waals surface area (Å²) in [7, 11) is 0. The molecule has 1 fully saturated rings. The van der Waals surface area contributed by atoms with Crippen molar-refractivity contribution >= 4 is 0 Å². The molecule has 1 rings (SSSR count). The summed E-state index contributed by atoms with van der Waals surface area (Å²) in [5, 5.41) is 8.70. The van der Waals surface area contributed by atoms with E-state index in [1.54, 1.807) is 0 Å². The summed E-state index contributed by atoms with van der Waals surface area (Å²) in [5.41, 5.74) is 0. The van der Waals surface area contributed by atoms with Crippen molar-refractivity contribution in [1.82, 2.24) is 4.90 Å². The van der Waals surface area contributed by atoms with Gasteiger partial charge in [0.25, 0.3) is 0 Å². The summed E-state index contributed by atoms with van der Waals surface area (Å²) < 4.78 is 5.27. The van der Waals surface area contributed by atoms with Gasteiger partial charge >= 0.3 is 0 Å². The molecule has 13 heavy (non-hydrogen) atoms. The van der Waals surface area contributed by atoms with Crippen molar-refractivity contribution in [2.24, 2.45) is 5.92 Å². The van der Waals surface area contributed by atoms with E-state index in [4.69, 9.17) is 10.00 Å². The second-order valence-electron chi connectivity index (χ2n) is 3.76. The van der Waals surface area contributed by atoms with Crippen LogP contribution in [0.2, 0.25) is 0 Å². The molecule has 1 heterocycles. The van der Waals surface area contributed by atoms with E-state index in [-0.39, 0.29) is 6.10 Å². The maximum absolute atomic E-state index is 8.70. The monoisotopic (exact) mass is 182 g/mol. The van der Waals surface area contributed by atoms with Crippen LogP contribution < -0.4 is 0 Å². The van der Waals surface area contributed by atoms with Gasteiger partial charge in [0, 0.05) is 19.6 Å². The molecule has 2 unspecified atom stereocenters. The van der Waals surface area contributed by atoms with E-state index >= 15 is 0 Å². The van der Waals surface area contributed by atoms with Crippen LogP contribution >= 0.6 is 0 Å². The van der Waals surface area contributed by atoms with E-state index in [2.05, 4.69) is 24.8 Å². The fourth-order valence-electron chi connectivity index (χ4n) is 1.52. The summed E-state index contributed by atoms with van der Waals surface area (Å²) in [5.74, 6) is 0.720. The third kappa shape index (κ3) is 3.33. The highest BCUT2D eigenvalue weighted by Crippen LogP contribution is 2.09. The Bertz CT molecular complexity index is 188. The lowest BCUT2D eigenvalue weighted by molar-refractivity contribution is -0.00431. The van der Waals surface area contributed by atoms with Crippen LogP contribution in [0, 0.1) is 17.2 Å². The van der Waals surface area contributed by atoms with Crippen molar-refractivity contribution in [3.63, 3.8) is 0 Å². The first kappa shape index (κ1) is 10.5. The largest absolute Gasteiger partial charge is 0.361 e. The lowest BCUT2D eigenvalue weighted by Crippen LogP contribution is -2.43. The van der Waals surface area contributed by atoms with Crippen molar-refractivity contribution in [3.05, 3.63) is 0 Å². The molecule has 1 saturated heterocycles. The number of morpholine rings is 1. The number of rotatable bonds is 3. The highest BCUT2D eigenvalue weighted by molar-refractivity contribution is 4.89. The summed E-state index contributed by atoms with van der Waals surface area (Å²) in [6, 6.07) is 2.16. The smallest absolute Gasteiger partial charge is 0.156 e. The number of nitriles is 1. The number of hydrogen-bond donors (Lipinski definition) is 0. The molecule has 0 aromatic rings. The quantitative estimate of drug-likeness (QED) is 0.659. The van der Waals surface area contributed by atoms with Gasteiger partial charge in [-0.2, -0.15) is 5.26 Å². The lowest BCUT2D eigenvalue weighted by atomic mass is 10.1. The predicted octanol–water partition coefficient (Wildman–Crippen LogP) is 1.26. The zero-order valence-electron chi connectivity index (χ0n) is 8.49. The van der Waals surface area contributed by atoms with Crippen LogP contribution in [0.3, 0.4) is 0 Å². The van der Waals surface area contributed by atoms with Gasteiger partial charge in [-0.15, -0.1) is 0 Å². The summed E-state index contributed by atoms with van der Waals surface area (Å²) in [6.45, 7) is 8.00. The summed E-state index contributed by atoms with van der Waals surface area (Å²) in [4.78, 5) is 2.32. The second kappa shape index (κ2) is 5.21. The summed E-state index contributed by atoms with van der Waals surface area (Å²) >= 11 is 0. The van der Waals surface area contributed by atoms with Crippen molar-refractivity contribution in [3.8, 4) is 6.07 Å². The van der Waals surface area contributed by atoms with E-state index < -0.39 is 0 Å². The standard InChI is InChI=1S/C10H18N2O/c1-3-9(2)7-12-4-5-13-10(6-11)8-12/h9-10H,3-5,7-8H2,1-2H3. The van der Waals surface area contributed by atoms with Gasteiger partial charge in [-0.05, 0) is 5.92 Å². The Morgan fingerprint density at radius 3 is 3.08 bits per heavy atom. The Hall–Kier alpha value is -0.590.